The second kappa shape index (κ2) is 5.71. The molecule has 0 bridgehead atoms. The normalized spacial score (nSPS) is 14.3. The first-order chi connectivity index (χ1) is 7.19. The van der Waals surface area contributed by atoms with Crippen LogP contribution in [0.1, 0.15) is 23.8 Å². The Bertz CT molecular complexity index is 365. The van der Waals surface area contributed by atoms with E-state index in [9.17, 15) is 10.2 Å². The highest BCUT2D eigenvalue weighted by molar-refractivity contribution is 7.80. The number of aliphatic hydroxyl groups is 2. The molecule has 0 saturated carbocycles. The van der Waals surface area contributed by atoms with Crippen molar-refractivity contribution in [2.75, 3.05) is 5.75 Å². The van der Waals surface area contributed by atoms with Crippen LogP contribution >= 0.6 is 12.6 Å². The first-order valence-electron chi connectivity index (χ1n) is 4.52. The Hall–Kier alpha value is -1.09. The Morgan fingerprint density at radius 3 is 2.87 bits per heavy atom. The third-order valence-corrected chi connectivity index (χ3v) is 2.29. The number of thiol groups is 1. The van der Waals surface area contributed by atoms with E-state index in [0.29, 0.717) is 17.7 Å². The van der Waals surface area contributed by atoms with Crippen LogP contribution < -0.4 is 0 Å². The van der Waals surface area contributed by atoms with Gasteiger partial charge >= 0.3 is 0 Å². The monoisotopic (exact) mass is 224 g/mol. The summed E-state index contributed by atoms with van der Waals surface area (Å²) < 4.78 is 0. The summed E-state index contributed by atoms with van der Waals surface area (Å²) in [6, 6.07) is 4.92. The zero-order valence-corrected chi connectivity index (χ0v) is 8.93. The molecular weight excluding hydrogens is 212 g/mol. The third-order valence-electron chi connectivity index (χ3n) is 2.03. The van der Waals surface area contributed by atoms with Crippen molar-refractivity contribution in [1.29, 1.82) is 5.26 Å². The highest BCUT2D eigenvalue weighted by atomic mass is 32.1. The van der Waals surface area contributed by atoms with Crippen molar-refractivity contribution >= 4 is 12.6 Å². The summed E-state index contributed by atoms with van der Waals surface area (Å²) in [7, 11) is 0. The van der Waals surface area contributed by atoms with E-state index < -0.39 is 12.2 Å². The largest absolute Gasteiger partial charge is 0.390 e. The van der Waals surface area contributed by atoms with Gasteiger partial charge in [0.05, 0.1) is 6.10 Å². The van der Waals surface area contributed by atoms with Crippen LogP contribution in [0.15, 0.2) is 18.3 Å². The van der Waals surface area contributed by atoms with E-state index in [4.69, 9.17) is 5.26 Å². The number of rotatable bonds is 4. The maximum atomic E-state index is 9.72. The molecular formula is C10H12N2O2S. The van der Waals surface area contributed by atoms with Gasteiger partial charge in [-0.3, -0.25) is 0 Å². The average molecular weight is 224 g/mol. The highest BCUT2D eigenvalue weighted by Crippen LogP contribution is 2.19. The topological polar surface area (TPSA) is 77.1 Å². The molecule has 0 spiro atoms. The molecule has 80 valence electrons. The molecule has 0 amide bonds. The molecule has 0 aromatic carbocycles. The Kier molecular flexibility index (Phi) is 4.56. The third kappa shape index (κ3) is 3.20. The van der Waals surface area contributed by atoms with Gasteiger partial charge in [0.15, 0.2) is 0 Å². The minimum Gasteiger partial charge on any atom is -0.390 e. The van der Waals surface area contributed by atoms with E-state index in [0.717, 1.165) is 0 Å². The van der Waals surface area contributed by atoms with Crippen molar-refractivity contribution in [1.82, 2.24) is 4.98 Å². The van der Waals surface area contributed by atoms with Crippen LogP contribution in [0.5, 0.6) is 0 Å². The van der Waals surface area contributed by atoms with Gasteiger partial charge in [0.2, 0.25) is 0 Å². The first-order valence-corrected chi connectivity index (χ1v) is 5.15. The molecule has 1 aromatic rings. The molecule has 2 atom stereocenters. The van der Waals surface area contributed by atoms with Crippen molar-refractivity contribution in [2.45, 2.75) is 18.6 Å². The lowest BCUT2D eigenvalue weighted by molar-refractivity contribution is 0.0172. The van der Waals surface area contributed by atoms with Gasteiger partial charge in [0.25, 0.3) is 0 Å². The van der Waals surface area contributed by atoms with Crippen LogP contribution in [0.4, 0.5) is 0 Å². The number of aromatic nitrogens is 1. The van der Waals surface area contributed by atoms with Crippen LogP contribution in [0.25, 0.3) is 0 Å². The van der Waals surface area contributed by atoms with E-state index in [-0.39, 0.29) is 5.69 Å². The summed E-state index contributed by atoms with van der Waals surface area (Å²) in [6.07, 6.45) is -0.0253. The summed E-state index contributed by atoms with van der Waals surface area (Å²) in [5, 5.41) is 27.9. The quantitative estimate of drug-likeness (QED) is 0.657. The Labute approximate surface area is 93.6 Å². The maximum Gasteiger partial charge on any atom is 0.140 e. The Morgan fingerprint density at radius 2 is 2.27 bits per heavy atom. The highest BCUT2D eigenvalue weighted by Gasteiger charge is 2.17. The van der Waals surface area contributed by atoms with E-state index >= 15 is 0 Å². The van der Waals surface area contributed by atoms with Crippen LogP contribution in [0.2, 0.25) is 0 Å². The second-order valence-corrected chi connectivity index (χ2v) is 3.56. The fourth-order valence-corrected chi connectivity index (χ4v) is 1.47. The number of pyridine rings is 1. The summed E-state index contributed by atoms with van der Waals surface area (Å²) >= 11 is 3.97. The molecule has 1 rings (SSSR count). The molecule has 0 saturated heterocycles. The van der Waals surface area contributed by atoms with Gasteiger partial charge in [-0.2, -0.15) is 17.9 Å². The number of aliphatic hydroxyl groups excluding tert-OH is 2. The van der Waals surface area contributed by atoms with Gasteiger partial charge < -0.3 is 10.2 Å². The number of nitrogens with zero attached hydrogens (tertiary/aromatic N) is 2. The Morgan fingerprint density at radius 1 is 1.53 bits per heavy atom. The van der Waals surface area contributed by atoms with Gasteiger partial charge in [-0.15, -0.1) is 0 Å². The van der Waals surface area contributed by atoms with Gasteiger partial charge in [0.1, 0.15) is 17.9 Å². The molecule has 1 aromatic heterocycles. The lowest BCUT2D eigenvalue weighted by atomic mass is 10.0. The molecule has 0 aliphatic rings. The number of hydrogen-bond acceptors (Lipinski definition) is 5. The minimum absolute atomic E-state index is 0.227. The van der Waals surface area contributed by atoms with Gasteiger partial charge in [-0.05, 0) is 29.9 Å². The summed E-state index contributed by atoms with van der Waals surface area (Å²) in [4.78, 5) is 3.78. The molecule has 0 aliphatic heterocycles. The average Bonchev–Trinajstić information content (AvgIpc) is 2.28. The SMILES string of the molecule is N#Cc1cc(C(O)C(O)CCS)ccn1. The molecule has 4 nitrogen and oxygen atoms in total. The van der Waals surface area contributed by atoms with E-state index in [2.05, 4.69) is 17.6 Å². The number of hydrogen-bond donors (Lipinski definition) is 3. The van der Waals surface area contributed by atoms with E-state index in [1.54, 1.807) is 6.07 Å². The molecule has 15 heavy (non-hydrogen) atoms. The van der Waals surface area contributed by atoms with Crippen LogP contribution in [-0.2, 0) is 0 Å². The lowest BCUT2D eigenvalue weighted by Gasteiger charge is -2.17. The molecule has 0 aliphatic carbocycles. The maximum absolute atomic E-state index is 9.72. The van der Waals surface area contributed by atoms with Crippen molar-refractivity contribution < 1.29 is 10.2 Å². The van der Waals surface area contributed by atoms with Crippen molar-refractivity contribution in [2.24, 2.45) is 0 Å². The van der Waals surface area contributed by atoms with Gasteiger partial charge in [0, 0.05) is 6.20 Å². The molecule has 2 unspecified atom stereocenters. The van der Waals surface area contributed by atoms with Crippen molar-refractivity contribution in [3.63, 3.8) is 0 Å². The van der Waals surface area contributed by atoms with Gasteiger partial charge in [-0.1, -0.05) is 0 Å². The Balaban J connectivity index is 2.82. The van der Waals surface area contributed by atoms with Crippen LogP contribution in [0, 0.1) is 11.3 Å². The molecule has 2 N–H and O–H groups in total. The molecule has 5 heteroatoms. The molecule has 0 fully saturated rings. The smallest absolute Gasteiger partial charge is 0.140 e. The van der Waals surface area contributed by atoms with E-state index in [1.807, 2.05) is 6.07 Å². The van der Waals surface area contributed by atoms with Crippen molar-refractivity contribution in [3.05, 3.63) is 29.6 Å². The molecule has 0 radical (unpaired) electrons. The fourth-order valence-electron chi connectivity index (χ4n) is 1.20. The fraction of sp³-hybridized carbons (Fsp3) is 0.400. The summed E-state index contributed by atoms with van der Waals surface area (Å²) in [6.45, 7) is 0. The minimum atomic E-state index is -0.993. The van der Waals surface area contributed by atoms with Crippen LogP contribution in [-0.4, -0.2) is 27.1 Å². The molecule has 1 heterocycles. The second-order valence-electron chi connectivity index (χ2n) is 3.11. The summed E-state index contributed by atoms with van der Waals surface area (Å²) in [5.74, 6) is 0.494. The van der Waals surface area contributed by atoms with Crippen LogP contribution in [0.3, 0.4) is 0 Å². The predicted molar refractivity (Wildman–Crippen MR) is 58.4 cm³/mol. The zero-order valence-electron chi connectivity index (χ0n) is 8.04. The number of nitriles is 1. The summed E-state index contributed by atoms with van der Waals surface area (Å²) in [5.41, 5.74) is 0.723. The zero-order chi connectivity index (χ0) is 11.3. The first kappa shape index (κ1) is 12.0. The van der Waals surface area contributed by atoms with Crippen molar-refractivity contribution in [3.8, 4) is 6.07 Å². The van der Waals surface area contributed by atoms with E-state index in [1.165, 1.54) is 12.3 Å². The standard InChI is InChI=1S/C10H12N2O2S/c11-6-8-5-7(1-3-12-8)10(14)9(13)2-4-15/h1,3,5,9-10,13-15H,2,4H2. The van der Waals surface area contributed by atoms with Gasteiger partial charge in [-0.25, -0.2) is 4.98 Å². The lowest BCUT2D eigenvalue weighted by Crippen LogP contribution is -2.18. The predicted octanol–water partition coefficient (Wildman–Crippen LogP) is 0.667.